The number of hydrogen-bond acceptors (Lipinski definition) is 5. The molecule has 3 rings (SSSR count). The molecule has 0 saturated carbocycles. The lowest BCUT2D eigenvalue weighted by atomic mass is 10.1. The average molecular weight is 471 g/mol. The molecule has 1 heterocycles. The monoisotopic (exact) mass is 470 g/mol. The maximum absolute atomic E-state index is 12.4. The Balaban J connectivity index is 1.62. The minimum atomic E-state index is -0.0997. The number of anilines is 1. The summed E-state index contributed by atoms with van der Waals surface area (Å²) in [4.78, 5) is 12.4. The predicted molar refractivity (Wildman–Crippen MR) is 131 cm³/mol. The molecule has 0 radical (unpaired) electrons. The van der Waals surface area contributed by atoms with Gasteiger partial charge in [-0.1, -0.05) is 48.5 Å². The van der Waals surface area contributed by atoms with Crippen LogP contribution in [0, 0.1) is 13.8 Å². The first kappa shape index (κ1) is 23.9. The van der Waals surface area contributed by atoms with E-state index in [0.29, 0.717) is 17.5 Å². The highest BCUT2D eigenvalue weighted by Crippen LogP contribution is 2.26. The van der Waals surface area contributed by atoms with Gasteiger partial charge in [0, 0.05) is 17.3 Å². The number of thioether (sulfide) groups is 1. The first-order chi connectivity index (χ1) is 15.4. The highest BCUT2D eigenvalue weighted by molar-refractivity contribution is 7.99. The van der Waals surface area contributed by atoms with Crippen LogP contribution in [0.1, 0.15) is 29.4 Å². The SMILES string of the molecule is C=CCn1c(COc2cc(C)c(Cl)c(C)c2)nnc1SCC(=O)Nc1ccc(CC)cc1. The van der Waals surface area contributed by atoms with Gasteiger partial charge in [0.1, 0.15) is 12.4 Å². The van der Waals surface area contributed by atoms with E-state index in [1.54, 1.807) is 6.08 Å². The molecule has 168 valence electrons. The van der Waals surface area contributed by atoms with Crippen LogP contribution in [0.5, 0.6) is 5.75 Å². The predicted octanol–water partition coefficient (Wildman–Crippen LogP) is 5.61. The number of allylic oxidation sites excluding steroid dienone is 1. The van der Waals surface area contributed by atoms with Crippen molar-refractivity contribution >= 4 is 35.0 Å². The van der Waals surface area contributed by atoms with Gasteiger partial charge in [-0.05, 0) is 61.2 Å². The molecule has 0 aliphatic carbocycles. The molecule has 6 nitrogen and oxygen atoms in total. The number of aryl methyl sites for hydroxylation is 3. The third-order valence-electron chi connectivity index (χ3n) is 4.86. The molecule has 0 saturated heterocycles. The second kappa shape index (κ2) is 11.2. The molecular formula is C24H27ClN4O2S. The number of halogens is 1. The van der Waals surface area contributed by atoms with Crippen molar-refractivity contribution in [2.75, 3.05) is 11.1 Å². The summed E-state index contributed by atoms with van der Waals surface area (Å²) in [6, 6.07) is 11.7. The number of carbonyl (C=O) groups is 1. The topological polar surface area (TPSA) is 69.0 Å². The van der Waals surface area contributed by atoms with Crippen molar-refractivity contribution in [3.8, 4) is 5.75 Å². The molecule has 0 aliphatic heterocycles. The summed E-state index contributed by atoms with van der Waals surface area (Å²) in [7, 11) is 0. The third-order valence-corrected chi connectivity index (χ3v) is 6.42. The van der Waals surface area contributed by atoms with Crippen molar-refractivity contribution in [3.63, 3.8) is 0 Å². The highest BCUT2D eigenvalue weighted by atomic mass is 35.5. The molecular weight excluding hydrogens is 444 g/mol. The lowest BCUT2D eigenvalue weighted by Crippen LogP contribution is -2.15. The number of nitrogens with one attached hydrogen (secondary N) is 1. The minimum absolute atomic E-state index is 0.0997. The van der Waals surface area contributed by atoms with E-state index >= 15 is 0 Å². The summed E-state index contributed by atoms with van der Waals surface area (Å²) >= 11 is 7.56. The van der Waals surface area contributed by atoms with E-state index in [4.69, 9.17) is 16.3 Å². The van der Waals surface area contributed by atoms with E-state index in [1.807, 2.05) is 54.8 Å². The number of aromatic nitrogens is 3. The van der Waals surface area contributed by atoms with Crippen LogP contribution in [0.15, 0.2) is 54.2 Å². The maximum Gasteiger partial charge on any atom is 0.234 e. The molecule has 0 fully saturated rings. The third kappa shape index (κ3) is 6.14. The fourth-order valence-electron chi connectivity index (χ4n) is 3.13. The molecule has 0 atom stereocenters. The molecule has 0 unspecified atom stereocenters. The summed E-state index contributed by atoms with van der Waals surface area (Å²) < 4.78 is 7.83. The average Bonchev–Trinajstić information content (AvgIpc) is 3.16. The van der Waals surface area contributed by atoms with E-state index < -0.39 is 0 Å². The Morgan fingerprint density at radius 3 is 2.53 bits per heavy atom. The van der Waals surface area contributed by atoms with Gasteiger partial charge in [-0.15, -0.1) is 16.8 Å². The number of nitrogens with zero attached hydrogens (tertiary/aromatic N) is 3. The zero-order valence-electron chi connectivity index (χ0n) is 18.5. The van der Waals surface area contributed by atoms with Gasteiger partial charge in [0.2, 0.25) is 5.91 Å². The van der Waals surface area contributed by atoms with Crippen molar-refractivity contribution in [1.29, 1.82) is 0 Å². The molecule has 1 aromatic heterocycles. The Bertz CT molecular complexity index is 1070. The van der Waals surface area contributed by atoms with Crippen molar-refractivity contribution in [2.45, 2.75) is 45.5 Å². The van der Waals surface area contributed by atoms with Crippen molar-refractivity contribution in [3.05, 3.63) is 76.6 Å². The Morgan fingerprint density at radius 1 is 1.22 bits per heavy atom. The summed E-state index contributed by atoms with van der Waals surface area (Å²) in [5, 5.41) is 12.8. The Morgan fingerprint density at radius 2 is 1.91 bits per heavy atom. The van der Waals surface area contributed by atoms with Crippen LogP contribution in [0.4, 0.5) is 5.69 Å². The molecule has 3 aromatic rings. The lowest BCUT2D eigenvalue weighted by Gasteiger charge is -2.11. The Labute approximate surface area is 198 Å². The van der Waals surface area contributed by atoms with Crippen LogP contribution < -0.4 is 10.1 Å². The van der Waals surface area contributed by atoms with Gasteiger partial charge in [0.05, 0.1) is 5.75 Å². The van der Waals surface area contributed by atoms with Gasteiger partial charge in [-0.25, -0.2) is 0 Å². The summed E-state index contributed by atoms with van der Waals surface area (Å²) in [6.07, 6.45) is 2.73. The fraction of sp³-hybridized carbons (Fsp3) is 0.292. The van der Waals surface area contributed by atoms with Gasteiger partial charge < -0.3 is 10.1 Å². The Hall–Kier alpha value is -2.77. The number of rotatable bonds is 10. The molecule has 8 heteroatoms. The quantitative estimate of drug-likeness (QED) is 0.308. The van der Waals surface area contributed by atoms with Crippen molar-refractivity contribution in [2.24, 2.45) is 0 Å². The van der Waals surface area contributed by atoms with Gasteiger partial charge in [-0.3, -0.25) is 9.36 Å². The summed E-state index contributed by atoms with van der Waals surface area (Å²) in [5.41, 5.74) is 3.93. The molecule has 1 amide bonds. The van der Waals surface area contributed by atoms with Crippen LogP contribution in [0.2, 0.25) is 5.02 Å². The van der Waals surface area contributed by atoms with Gasteiger partial charge in [0.25, 0.3) is 0 Å². The summed E-state index contributed by atoms with van der Waals surface area (Å²) in [5.74, 6) is 1.51. The largest absolute Gasteiger partial charge is 0.486 e. The second-order valence-corrected chi connectivity index (χ2v) is 8.67. The number of benzene rings is 2. The van der Waals surface area contributed by atoms with Gasteiger partial charge in [0.15, 0.2) is 11.0 Å². The molecule has 2 aromatic carbocycles. The van der Waals surface area contributed by atoms with Gasteiger partial charge >= 0.3 is 0 Å². The number of ether oxygens (including phenoxy) is 1. The number of hydrogen-bond donors (Lipinski definition) is 1. The van der Waals surface area contributed by atoms with Crippen LogP contribution in [0.25, 0.3) is 0 Å². The molecule has 0 aliphatic rings. The first-order valence-electron chi connectivity index (χ1n) is 10.3. The number of carbonyl (C=O) groups excluding carboxylic acids is 1. The molecule has 0 spiro atoms. The van der Waals surface area contributed by atoms with E-state index in [0.717, 1.165) is 34.0 Å². The van der Waals surface area contributed by atoms with E-state index in [2.05, 4.69) is 29.0 Å². The van der Waals surface area contributed by atoms with Crippen LogP contribution >= 0.6 is 23.4 Å². The zero-order chi connectivity index (χ0) is 23.1. The maximum atomic E-state index is 12.4. The standard InChI is InChI=1S/C24H27ClN4O2S/c1-5-11-29-21(14-31-20-12-16(3)23(25)17(4)13-20)27-28-24(29)32-15-22(30)26-19-9-7-18(6-2)8-10-19/h5,7-10,12-13H,1,6,11,14-15H2,2-4H3,(H,26,30). The Kier molecular flexibility index (Phi) is 8.36. The lowest BCUT2D eigenvalue weighted by molar-refractivity contribution is -0.113. The molecule has 0 bridgehead atoms. The van der Waals surface area contributed by atoms with E-state index in [1.165, 1.54) is 17.3 Å². The second-order valence-electron chi connectivity index (χ2n) is 7.35. The first-order valence-corrected chi connectivity index (χ1v) is 11.7. The van der Waals surface area contributed by atoms with Crippen LogP contribution in [-0.2, 0) is 24.4 Å². The van der Waals surface area contributed by atoms with E-state index in [9.17, 15) is 4.79 Å². The van der Waals surface area contributed by atoms with Crippen molar-refractivity contribution < 1.29 is 9.53 Å². The number of amides is 1. The summed E-state index contributed by atoms with van der Waals surface area (Å²) in [6.45, 7) is 10.6. The van der Waals surface area contributed by atoms with Gasteiger partial charge in [-0.2, -0.15) is 0 Å². The van der Waals surface area contributed by atoms with Crippen molar-refractivity contribution in [1.82, 2.24) is 14.8 Å². The van der Waals surface area contributed by atoms with E-state index in [-0.39, 0.29) is 18.3 Å². The van der Waals surface area contributed by atoms with Crippen LogP contribution in [-0.4, -0.2) is 26.4 Å². The normalized spacial score (nSPS) is 10.8. The highest BCUT2D eigenvalue weighted by Gasteiger charge is 2.15. The fourth-order valence-corrected chi connectivity index (χ4v) is 4.01. The molecule has 1 N–H and O–H groups in total. The van der Waals surface area contributed by atoms with Crippen LogP contribution in [0.3, 0.4) is 0 Å². The smallest absolute Gasteiger partial charge is 0.234 e. The zero-order valence-corrected chi connectivity index (χ0v) is 20.1. The molecule has 32 heavy (non-hydrogen) atoms. The minimum Gasteiger partial charge on any atom is -0.486 e.